The fraction of sp³-hybridized carbons (Fsp3) is 0.421. The molecule has 0 bridgehead atoms. The fourth-order valence-electron chi connectivity index (χ4n) is 2.95. The zero-order valence-corrected chi connectivity index (χ0v) is 16.7. The molecular formula is C19H22Cl2N4O. The largest absolute Gasteiger partial charge is 0.352 e. The summed E-state index contributed by atoms with van der Waals surface area (Å²) >= 11 is 12.2. The van der Waals surface area contributed by atoms with Crippen molar-refractivity contribution < 1.29 is 4.79 Å². The normalized spacial score (nSPS) is 15.3. The van der Waals surface area contributed by atoms with Crippen LogP contribution in [0.3, 0.4) is 0 Å². The minimum Gasteiger partial charge on any atom is -0.352 e. The van der Waals surface area contributed by atoms with Gasteiger partial charge in [0.2, 0.25) is 5.91 Å². The molecular weight excluding hydrogens is 371 g/mol. The summed E-state index contributed by atoms with van der Waals surface area (Å²) in [5, 5.41) is 9.79. The van der Waals surface area contributed by atoms with Crippen LogP contribution in [-0.2, 0) is 4.79 Å². The van der Waals surface area contributed by atoms with Gasteiger partial charge < -0.3 is 9.80 Å². The van der Waals surface area contributed by atoms with Gasteiger partial charge in [0.05, 0.1) is 10.7 Å². The molecule has 1 fully saturated rings. The van der Waals surface area contributed by atoms with Crippen molar-refractivity contribution in [3.05, 3.63) is 40.4 Å². The Morgan fingerprint density at radius 3 is 2.23 bits per heavy atom. The molecule has 0 N–H and O–H groups in total. The summed E-state index contributed by atoms with van der Waals surface area (Å²) in [7, 11) is 0. The molecule has 0 spiro atoms. The van der Waals surface area contributed by atoms with Gasteiger partial charge in [0, 0.05) is 42.2 Å². The first-order chi connectivity index (χ1) is 12.3. The average molecular weight is 393 g/mol. The number of nitrogens with zero attached hydrogens (tertiary/aromatic N) is 4. The predicted molar refractivity (Wildman–Crippen MR) is 106 cm³/mol. The van der Waals surface area contributed by atoms with E-state index in [0.29, 0.717) is 28.8 Å². The SMILES string of the molecule is CC(C)(C)C(=O)N1CCN(c2ccc(-c3ccc(Cl)cc3Cl)nn2)CC1. The van der Waals surface area contributed by atoms with Crippen LogP contribution >= 0.6 is 23.2 Å². The van der Waals surface area contributed by atoms with Gasteiger partial charge in [-0.3, -0.25) is 4.79 Å². The van der Waals surface area contributed by atoms with E-state index >= 15 is 0 Å². The van der Waals surface area contributed by atoms with E-state index in [1.165, 1.54) is 0 Å². The number of anilines is 1. The van der Waals surface area contributed by atoms with Crippen LogP contribution in [-0.4, -0.2) is 47.2 Å². The Morgan fingerprint density at radius 1 is 1.00 bits per heavy atom. The molecule has 138 valence electrons. The van der Waals surface area contributed by atoms with Gasteiger partial charge in [-0.2, -0.15) is 0 Å². The third-order valence-corrected chi connectivity index (χ3v) is 4.94. The van der Waals surface area contributed by atoms with Crippen molar-refractivity contribution >= 4 is 34.9 Å². The average Bonchev–Trinajstić information content (AvgIpc) is 2.61. The number of amides is 1. The highest BCUT2D eigenvalue weighted by atomic mass is 35.5. The molecule has 1 aromatic carbocycles. The Labute approximate surface area is 163 Å². The van der Waals surface area contributed by atoms with Gasteiger partial charge in [0.1, 0.15) is 0 Å². The number of piperazine rings is 1. The van der Waals surface area contributed by atoms with E-state index in [1.807, 2.05) is 43.9 Å². The first-order valence-corrected chi connectivity index (χ1v) is 9.35. The van der Waals surface area contributed by atoms with Crippen LogP contribution in [0.1, 0.15) is 20.8 Å². The predicted octanol–water partition coefficient (Wildman–Crippen LogP) is 4.15. The van der Waals surface area contributed by atoms with E-state index in [1.54, 1.807) is 12.1 Å². The molecule has 1 saturated heterocycles. The molecule has 7 heteroatoms. The number of hydrogen-bond donors (Lipinski definition) is 0. The standard InChI is InChI=1S/C19H22Cl2N4O/c1-19(2,3)18(26)25-10-8-24(9-11-25)17-7-6-16(22-23-17)14-5-4-13(20)12-15(14)21/h4-7,12H,8-11H2,1-3H3. The summed E-state index contributed by atoms with van der Waals surface area (Å²) in [5.74, 6) is 0.998. The number of carbonyl (C=O) groups is 1. The topological polar surface area (TPSA) is 49.3 Å². The first kappa shape index (κ1) is 18.9. The van der Waals surface area contributed by atoms with Crippen LogP contribution in [0.4, 0.5) is 5.82 Å². The van der Waals surface area contributed by atoms with Crippen molar-refractivity contribution in [3.8, 4) is 11.3 Å². The van der Waals surface area contributed by atoms with E-state index in [0.717, 1.165) is 24.5 Å². The molecule has 26 heavy (non-hydrogen) atoms. The Kier molecular flexibility index (Phi) is 5.39. The van der Waals surface area contributed by atoms with Gasteiger partial charge in [-0.25, -0.2) is 0 Å². The maximum atomic E-state index is 12.4. The Bertz CT molecular complexity index is 794. The molecule has 5 nitrogen and oxygen atoms in total. The van der Waals surface area contributed by atoms with Crippen LogP contribution in [0.15, 0.2) is 30.3 Å². The quantitative estimate of drug-likeness (QED) is 0.770. The van der Waals surface area contributed by atoms with Gasteiger partial charge >= 0.3 is 0 Å². The summed E-state index contributed by atoms with van der Waals surface area (Å²) in [6.07, 6.45) is 0. The monoisotopic (exact) mass is 392 g/mol. The summed E-state index contributed by atoms with van der Waals surface area (Å²) in [5.41, 5.74) is 1.16. The third kappa shape index (κ3) is 4.10. The van der Waals surface area contributed by atoms with Crippen molar-refractivity contribution in [3.63, 3.8) is 0 Å². The number of carbonyl (C=O) groups excluding carboxylic acids is 1. The maximum Gasteiger partial charge on any atom is 0.228 e. The number of aromatic nitrogens is 2. The first-order valence-electron chi connectivity index (χ1n) is 8.59. The fourth-order valence-corrected chi connectivity index (χ4v) is 3.45. The molecule has 3 rings (SSSR count). The molecule has 0 radical (unpaired) electrons. The summed E-state index contributed by atoms with van der Waals surface area (Å²) in [6.45, 7) is 8.75. The van der Waals surface area contributed by atoms with Crippen molar-refractivity contribution in [2.45, 2.75) is 20.8 Å². The molecule has 1 aliphatic heterocycles. The van der Waals surface area contributed by atoms with Gasteiger partial charge in [-0.05, 0) is 30.3 Å². The Morgan fingerprint density at radius 2 is 1.69 bits per heavy atom. The third-order valence-electron chi connectivity index (χ3n) is 4.39. The van der Waals surface area contributed by atoms with Crippen molar-refractivity contribution in [1.82, 2.24) is 15.1 Å². The van der Waals surface area contributed by atoms with Gasteiger partial charge in [-0.1, -0.05) is 44.0 Å². The lowest BCUT2D eigenvalue weighted by molar-refractivity contribution is -0.139. The Hall–Kier alpha value is -1.85. The van der Waals surface area contributed by atoms with Crippen molar-refractivity contribution in [1.29, 1.82) is 0 Å². The zero-order chi connectivity index (χ0) is 18.9. The number of benzene rings is 1. The summed E-state index contributed by atoms with van der Waals surface area (Å²) in [6, 6.07) is 9.16. The molecule has 0 aliphatic carbocycles. The van der Waals surface area contributed by atoms with Crippen molar-refractivity contribution in [2.24, 2.45) is 5.41 Å². The second-order valence-electron chi connectivity index (χ2n) is 7.43. The summed E-state index contributed by atoms with van der Waals surface area (Å²) < 4.78 is 0. The maximum absolute atomic E-state index is 12.4. The van der Waals surface area contributed by atoms with Crippen molar-refractivity contribution in [2.75, 3.05) is 31.1 Å². The lowest BCUT2D eigenvalue weighted by Gasteiger charge is -2.38. The lowest BCUT2D eigenvalue weighted by Crippen LogP contribution is -2.51. The molecule has 0 saturated carbocycles. The van der Waals surface area contributed by atoms with Crippen LogP contribution < -0.4 is 4.90 Å². The second-order valence-corrected chi connectivity index (χ2v) is 8.27. The van der Waals surface area contributed by atoms with E-state index in [4.69, 9.17) is 23.2 Å². The van der Waals surface area contributed by atoms with E-state index < -0.39 is 0 Å². The molecule has 0 atom stereocenters. The molecule has 1 aromatic heterocycles. The number of halogens is 2. The van der Waals surface area contributed by atoms with E-state index in [9.17, 15) is 4.79 Å². The minimum atomic E-state index is -0.346. The highest BCUT2D eigenvalue weighted by Gasteiger charge is 2.30. The van der Waals surface area contributed by atoms with E-state index in [-0.39, 0.29) is 11.3 Å². The smallest absolute Gasteiger partial charge is 0.228 e. The Balaban J connectivity index is 1.68. The molecule has 0 unspecified atom stereocenters. The summed E-state index contributed by atoms with van der Waals surface area (Å²) in [4.78, 5) is 16.4. The molecule has 1 amide bonds. The van der Waals surface area contributed by atoms with Crippen LogP contribution in [0.2, 0.25) is 10.0 Å². The molecule has 2 heterocycles. The minimum absolute atomic E-state index is 0.191. The van der Waals surface area contributed by atoms with Crippen LogP contribution in [0.5, 0.6) is 0 Å². The zero-order valence-electron chi connectivity index (χ0n) is 15.2. The van der Waals surface area contributed by atoms with Crippen LogP contribution in [0, 0.1) is 5.41 Å². The number of hydrogen-bond acceptors (Lipinski definition) is 4. The van der Waals surface area contributed by atoms with Gasteiger partial charge in [0.15, 0.2) is 5.82 Å². The molecule has 2 aromatic rings. The molecule has 1 aliphatic rings. The van der Waals surface area contributed by atoms with E-state index in [2.05, 4.69) is 15.1 Å². The van der Waals surface area contributed by atoms with Gasteiger partial charge in [-0.15, -0.1) is 10.2 Å². The van der Waals surface area contributed by atoms with Crippen LogP contribution in [0.25, 0.3) is 11.3 Å². The highest BCUT2D eigenvalue weighted by molar-refractivity contribution is 6.36. The lowest BCUT2D eigenvalue weighted by atomic mass is 9.94. The highest BCUT2D eigenvalue weighted by Crippen LogP contribution is 2.29. The number of rotatable bonds is 2. The second kappa shape index (κ2) is 7.41. The van der Waals surface area contributed by atoms with Gasteiger partial charge in [0.25, 0.3) is 0 Å².